The second kappa shape index (κ2) is 10.7. The molecule has 0 radical (unpaired) electrons. The molecule has 34 heavy (non-hydrogen) atoms. The Balaban J connectivity index is 1.78. The zero-order valence-electron chi connectivity index (χ0n) is 20.4. The van der Waals surface area contributed by atoms with E-state index < -0.39 is 29.6 Å². The first kappa shape index (κ1) is 25.3. The first-order chi connectivity index (χ1) is 16.2. The van der Waals surface area contributed by atoms with Crippen molar-refractivity contribution in [3.63, 3.8) is 0 Å². The van der Waals surface area contributed by atoms with Gasteiger partial charge in [-0.1, -0.05) is 17.2 Å². The van der Waals surface area contributed by atoms with Crippen LogP contribution in [0.3, 0.4) is 0 Å². The van der Waals surface area contributed by atoms with Gasteiger partial charge in [0.05, 0.1) is 31.6 Å². The first-order valence-electron chi connectivity index (χ1n) is 11.3. The molecule has 7 heteroatoms. The van der Waals surface area contributed by atoms with Gasteiger partial charge in [-0.05, 0) is 70.0 Å². The van der Waals surface area contributed by atoms with Crippen LogP contribution in [-0.4, -0.2) is 44.1 Å². The van der Waals surface area contributed by atoms with Crippen molar-refractivity contribution < 1.29 is 33.3 Å². The molecule has 1 aliphatic carbocycles. The third-order valence-electron chi connectivity index (χ3n) is 6.19. The van der Waals surface area contributed by atoms with Crippen molar-refractivity contribution in [3.8, 4) is 11.5 Å². The van der Waals surface area contributed by atoms with Gasteiger partial charge in [0, 0.05) is 6.42 Å². The summed E-state index contributed by atoms with van der Waals surface area (Å²) in [6, 6.07) is 4.75. The maximum Gasteiger partial charge on any atom is 0.338 e. The van der Waals surface area contributed by atoms with Crippen LogP contribution in [0, 0.1) is 5.41 Å². The van der Waals surface area contributed by atoms with Gasteiger partial charge in [0.2, 0.25) is 0 Å². The topological polar surface area (TPSA) is 88.1 Å². The zero-order chi connectivity index (χ0) is 24.9. The number of methoxy groups -OCH3 is 2. The lowest BCUT2D eigenvalue weighted by Gasteiger charge is -2.34. The second-order valence-corrected chi connectivity index (χ2v) is 9.02. The van der Waals surface area contributed by atoms with Gasteiger partial charge >= 0.3 is 11.9 Å². The minimum absolute atomic E-state index is 0.0387. The molecular weight excluding hydrogens is 436 g/mol. The third-order valence-corrected chi connectivity index (χ3v) is 6.19. The SMILES string of the molecule is COc1ccc(C(=O)O[C@@H]2C=CC(=O)C3(CC(=O)O[C@@H]3/C=C(\C)CCC=C(C)C)C2)cc1OC. The number of carbonyl (C=O) groups excluding carboxylic acids is 3. The highest BCUT2D eigenvalue weighted by Crippen LogP contribution is 2.45. The van der Waals surface area contributed by atoms with Gasteiger partial charge in [-0.15, -0.1) is 0 Å². The van der Waals surface area contributed by atoms with Crippen molar-refractivity contribution in [1.82, 2.24) is 0 Å². The summed E-state index contributed by atoms with van der Waals surface area (Å²) in [6.07, 6.45) is 7.43. The van der Waals surface area contributed by atoms with Crippen LogP contribution in [0.5, 0.6) is 11.5 Å². The van der Waals surface area contributed by atoms with E-state index in [1.807, 2.05) is 26.8 Å². The highest BCUT2D eigenvalue weighted by Gasteiger charge is 2.55. The average Bonchev–Trinajstić information content (AvgIpc) is 3.10. The molecule has 0 saturated carbocycles. The van der Waals surface area contributed by atoms with E-state index in [1.165, 1.54) is 31.9 Å². The molecule has 1 saturated heterocycles. The molecule has 0 aromatic heterocycles. The monoisotopic (exact) mass is 468 g/mol. The fraction of sp³-hybridized carbons (Fsp3) is 0.444. The molecule has 1 aliphatic heterocycles. The van der Waals surface area contributed by atoms with Crippen LogP contribution in [0.1, 0.15) is 56.8 Å². The molecule has 1 unspecified atom stereocenters. The first-order valence-corrected chi connectivity index (χ1v) is 11.3. The number of ketones is 1. The number of benzene rings is 1. The number of ether oxygens (including phenoxy) is 4. The summed E-state index contributed by atoms with van der Waals surface area (Å²) in [5, 5.41) is 0. The van der Waals surface area contributed by atoms with Gasteiger partial charge in [-0.25, -0.2) is 4.79 Å². The summed E-state index contributed by atoms with van der Waals surface area (Å²) in [7, 11) is 3.00. The van der Waals surface area contributed by atoms with Gasteiger partial charge in [-0.2, -0.15) is 0 Å². The number of allylic oxidation sites excluding steroid dienone is 4. The predicted octanol–water partition coefficient (Wildman–Crippen LogP) is 4.75. The van der Waals surface area contributed by atoms with Crippen LogP contribution in [0.25, 0.3) is 0 Å². The van der Waals surface area contributed by atoms with Crippen LogP contribution in [-0.2, 0) is 19.1 Å². The number of hydrogen-bond donors (Lipinski definition) is 0. The van der Waals surface area contributed by atoms with E-state index >= 15 is 0 Å². The van der Waals surface area contributed by atoms with Gasteiger partial charge in [-0.3, -0.25) is 9.59 Å². The van der Waals surface area contributed by atoms with Crippen molar-refractivity contribution in [1.29, 1.82) is 0 Å². The molecular formula is C27H32O7. The van der Waals surface area contributed by atoms with E-state index in [2.05, 4.69) is 6.08 Å². The van der Waals surface area contributed by atoms with Crippen LogP contribution in [0.4, 0.5) is 0 Å². The van der Waals surface area contributed by atoms with E-state index in [4.69, 9.17) is 18.9 Å². The Kier molecular flexibility index (Phi) is 7.97. The van der Waals surface area contributed by atoms with Crippen LogP contribution in [0.2, 0.25) is 0 Å². The standard InChI is InChI=1S/C27H32O7/c1-17(2)7-6-8-18(3)13-24-27(16-25(29)34-24)15-20(10-12-23(27)28)33-26(30)19-9-11-21(31-4)22(14-19)32-5/h7,9-14,20,24H,6,8,15-16H2,1-5H3/b18-13+/t20-,24-,27?/m1/s1. The fourth-order valence-electron chi connectivity index (χ4n) is 4.33. The van der Waals surface area contributed by atoms with Gasteiger partial charge in [0.1, 0.15) is 12.2 Å². The summed E-state index contributed by atoms with van der Waals surface area (Å²) in [5.41, 5.74) is 1.50. The van der Waals surface area contributed by atoms with Crippen molar-refractivity contribution in [2.45, 2.75) is 58.7 Å². The quantitative estimate of drug-likeness (QED) is 0.402. The van der Waals surface area contributed by atoms with Gasteiger partial charge < -0.3 is 18.9 Å². The van der Waals surface area contributed by atoms with Crippen molar-refractivity contribution >= 4 is 17.7 Å². The maximum absolute atomic E-state index is 13.0. The smallest absolute Gasteiger partial charge is 0.338 e. The number of cyclic esters (lactones) is 1. The van der Waals surface area contributed by atoms with Crippen molar-refractivity contribution in [2.24, 2.45) is 5.41 Å². The summed E-state index contributed by atoms with van der Waals surface area (Å²) in [4.78, 5) is 38.1. The Bertz CT molecular complexity index is 1050. The Morgan fingerprint density at radius 1 is 1.15 bits per heavy atom. The van der Waals surface area contributed by atoms with Crippen molar-refractivity contribution in [2.75, 3.05) is 14.2 Å². The molecule has 3 rings (SSSR count). The highest BCUT2D eigenvalue weighted by molar-refractivity contribution is 6.00. The summed E-state index contributed by atoms with van der Waals surface area (Å²) < 4.78 is 21.7. The van der Waals surface area contributed by atoms with Crippen LogP contribution >= 0.6 is 0 Å². The lowest BCUT2D eigenvalue weighted by atomic mass is 9.69. The molecule has 1 aromatic carbocycles. The normalized spacial score (nSPS) is 24.1. The minimum atomic E-state index is -1.08. The molecule has 1 fully saturated rings. The molecule has 1 aromatic rings. The lowest BCUT2D eigenvalue weighted by Crippen LogP contribution is -2.43. The number of carbonyl (C=O) groups is 3. The zero-order valence-corrected chi connectivity index (χ0v) is 20.4. The molecule has 1 spiro atoms. The lowest BCUT2D eigenvalue weighted by molar-refractivity contribution is -0.140. The van der Waals surface area contributed by atoms with Gasteiger partial charge in [0.25, 0.3) is 0 Å². The Hall–Kier alpha value is -3.35. The summed E-state index contributed by atoms with van der Waals surface area (Å²) in [5.74, 6) is -0.263. The Morgan fingerprint density at radius 2 is 1.88 bits per heavy atom. The van der Waals surface area contributed by atoms with E-state index in [-0.39, 0.29) is 18.6 Å². The number of hydrogen-bond acceptors (Lipinski definition) is 7. The summed E-state index contributed by atoms with van der Waals surface area (Å²) >= 11 is 0. The highest BCUT2D eigenvalue weighted by atomic mass is 16.6. The second-order valence-electron chi connectivity index (χ2n) is 9.02. The molecule has 0 N–H and O–H groups in total. The Morgan fingerprint density at radius 3 is 2.56 bits per heavy atom. The van der Waals surface area contributed by atoms with E-state index in [0.717, 1.165) is 18.4 Å². The van der Waals surface area contributed by atoms with E-state index in [9.17, 15) is 14.4 Å². The molecule has 0 bridgehead atoms. The molecule has 7 nitrogen and oxygen atoms in total. The molecule has 3 atom stereocenters. The molecule has 182 valence electrons. The molecule has 0 amide bonds. The molecule has 1 heterocycles. The Labute approximate surface area is 200 Å². The largest absolute Gasteiger partial charge is 0.493 e. The third kappa shape index (κ3) is 5.58. The van der Waals surface area contributed by atoms with Crippen LogP contribution in [0.15, 0.2) is 53.6 Å². The maximum atomic E-state index is 13.0. The number of esters is 2. The van der Waals surface area contributed by atoms with Gasteiger partial charge in [0.15, 0.2) is 17.3 Å². The average molecular weight is 469 g/mol. The minimum Gasteiger partial charge on any atom is -0.493 e. The van der Waals surface area contributed by atoms with Crippen LogP contribution < -0.4 is 9.47 Å². The predicted molar refractivity (Wildman–Crippen MR) is 127 cm³/mol. The van der Waals surface area contributed by atoms with Crippen molar-refractivity contribution in [3.05, 3.63) is 59.2 Å². The fourth-order valence-corrected chi connectivity index (χ4v) is 4.33. The van der Waals surface area contributed by atoms with E-state index in [0.29, 0.717) is 17.1 Å². The number of rotatable bonds is 8. The molecule has 2 aliphatic rings. The van der Waals surface area contributed by atoms with E-state index in [1.54, 1.807) is 18.2 Å². The summed E-state index contributed by atoms with van der Waals surface area (Å²) in [6.45, 7) is 6.06.